The number of hydrogen-bond acceptors (Lipinski definition) is 40. The molecule has 0 bridgehead atoms. The Bertz CT molecular complexity index is 4820. The molecule has 3 amide bonds. The summed E-state index contributed by atoms with van der Waals surface area (Å²) in [6.07, 6.45) is -40.1. The summed E-state index contributed by atoms with van der Waals surface area (Å²) in [4.78, 5) is 222. The van der Waals surface area contributed by atoms with E-state index >= 15 is 14.4 Å². The van der Waals surface area contributed by atoms with Crippen molar-refractivity contribution < 1.29 is 186 Å². The molecular weight excluding hydrogens is 1730 g/mol. The zero-order valence-corrected chi connectivity index (χ0v) is 72.3. The molecule has 10 rings (SSSR count). The molecule has 6 aliphatic rings. The molecule has 45 nitrogen and oxygen atoms in total. The van der Waals surface area contributed by atoms with Crippen molar-refractivity contribution in [1.82, 2.24) is 16.0 Å². The molecule has 4 aromatic carbocycles. The number of amides is 3. The van der Waals surface area contributed by atoms with Gasteiger partial charge >= 0.3 is 83.7 Å². The maximum absolute atomic E-state index is 15.5. The minimum atomic E-state index is -3.15. The predicted octanol–water partition coefficient (Wildman–Crippen LogP) is 2.51. The second-order valence-corrected chi connectivity index (χ2v) is 30.5. The highest BCUT2D eigenvalue weighted by Crippen LogP contribution is 2.48. The molecule has 0 radical (unpaired) electrons. The number of nitrogens with one attached hydrogen (secondary N) is 3. The van der Waals surface area contributed by atoms with Gasteiger partial charge in [-0.1, -0.05) is 102 Å². The minimum absolute atomic E-state index is 0.248. The maximum atomic E-state index is 15.5. The zero-order valence-electron chi connectivity index (χ0n) is 72.3. The molecule has 0 unspecified atom stereocenters. The van der Waals surface area contributed by atoms with E-state index in [0.29, 0.717) is 5.56 Å². The average Bonchev–Trinajstić information content (AvgIpc) is 1.05. The molecule has 4 aromatic rings. The first-order valence-electron chi connectivity index (χ1n) is 40.6. The first kappa shape index (κ1) is 99.3. The second kappa shape index (κ2) is 44.9. The fourth-order valence-electron chi connectivity index (χ4n) is 15.7. The highest BCUT2D eigenvalue weighted by Gasteiger charge is 2.68. The summed E-state index contributed by atoms with van der Waals surface area (Å²) >= 11 is 0. The molecule has 45 heteroatoms. The van der Waals surface area contributed by atoms with Crippen molar-refractivity contribution in [3.05, 3.63) is 142 Å². The van der Waals surface area contributed by atoms with Crippen LogP contribution in [0.1, 0.15) is 122 Å². The van der Waals surface area contributed by atoms with Crippen LogP contribution in [0.25, 0.3) is 21.6 Å². The monoisotopic (exact) mass is 1830 g/mol. The summed E-state index contributed by atoms with van der Waals surface area (Å²) in [5.74, 6) is -24.0. The number of rotatable bonds is 36. The van der Waals surface area contributed by atoms with Gasteiger partial charge in [0, 0.05) is 87.0 Å². The fraction of sp³-hybridized carbons (Fsp3) is 0.529. The fourth-order valence-corrected chi connectivity index (χ4v) is 15.7. The largest absolute Gasteiger partial charge is 0.465 e. The minimum Gasteiger partial charge on any atom is -0.465 e. The lowest BCUT2D eigenvalue weighted by Gasteiger charge is -2.55. The first-order valence-corrected chi connectivity index (χ1v) is 40.6. The standard InChI is InChI=1S/C85H98N6O39/c1-40(92)87-65-59(117-45(6)97)31-84(81(106)109-12,128-73(65)69(121-49(10)101)62(119-47(8)99)36-110-42(3)94)116-39-61-68(103)72(67(90-91-86)79(123-61)114-35-58(78(105)113-33-51-23-15-13-16-24-51)89-83(108)115-34-57-55-29-21-19-27-53(55)54-28-20-22-30-56(54)57)126-80-76(125-77(104)52-25-17-14-18-26-52)75-71(64(124-80)38-112-44(5)96)127-82(107)85(130-75)32-60(118-46(7)98)66(88-41(2)93)74(129-85)70(122-50(11)102)63(120-48(9)100)37-111-43(4)95/h13-30,57-76,79-80,103H,31-39H2,1-12H3,(H,87,92)(H,88,93)(H,89,108)/t58-,59-,60-,61+,62+,63+,64+,65+,66+,67+,68-,69+,70+,71-,72+,73+,74+,75-,76+,79-,80-,84+,85-/m0/s1. The molecule has 5 saturated heterocycles. The van der Waals surface area contributed by atoms with Crippen molar-refractivity contribution in [2.75, 3.05) is 46.8 Å². The van der Waals surface area contributed by atoms with Crippen LogP contribution in [0, 0.1) is 0 Å². The second-order valence-electron chi connectivity index (χ2n) is 30.5. The number of hydrogen-bond donors (Lipinski definition) is 4. The Kier molecular flexibility index (Phi) is 34.3. The Morgan fingerprint density at radius 2 is 1.05 bits per heavy atom. The van der Waals surface area contributed by atoms with Gasteiger partial charge in [-0.05, 0) is 45.5 Å². The van der Waals surface area contributed by atoms with Crippen molar-refractivity contribution >= 4 is 95.5 Å². The normalized spacial score (nSPS) is 27.0. The molecule has 130 heavy (non-hydrogen) atoms. The summed E-state index contributed by atoms with van der Waals surface area (Å²) < 4.78 is 133. The third-order valence-electron chi connectivity index (χ3n) is 20.8. The number of ether oxygens (including phenoxy) is 22. The van der Waals surface area contributed by atoms with Crippen LogP contribution in [0.15, 0.2) is 114 Å². The van der Waals surface area contributed by atoms with Gasteiger partial charge in [0.05, 0.1) is 50.8 Å². The van der Waals surface area contributed by atoms with Gasteiger partial charge in [0.25, 0.3) is 11.6 Å². The van der Waals surface area contributed by atoms with E-state index in [-0.39, 0.29) is 12.2 Å². The molecule has 5 heterocycles. The van der Waals surface area contributed by atoms with Gasteiger partial charge in [0.2, 0.25) is 11.8 Å². The van der Waals surface area contributed by atoms with Crippen molar-refractivity contribution in [3.63, 3.8) is 0 Å². The number of methoxy groups -OCH3 is 1. The van der Waals surface area contributed by atoms with E-state index in [2.05, 4.69) is 26.0 Å². The number of aliphatic hydroxyl groups excluding tert-OH is 1. The lowest BCUT2D eigenvalue weighted by molar-refractivity contribution is -0.401. The lowest BCUT2D eigenvalue weighted by Crippen LogP contribution is -2.75. The van der Waals surface area contributed by atoms with Crippen LogP contribution < -0.4 is 16.0 Å². The molecule has 5 aliphatic heterocycles. The zero-order chi connectivity index (χ0) is 94.6. The number of benzene rings is 4. The van der Waals surface area contributed by atoms with Gasteiger partial charge in [0.1, 0.15) is 94.0 Å². The Morgan fingerprint density at radius 3 is 1.56 bits per heavy atom. The molecule has 1 spiro atoms. The van der Waals surface area contributed by atoms with Crippen LogP contribution in [-0.4, -0.2) is 287 Å². The van der Waals surface area contributed by atoms with Crippen LogP contribution >= 0.6 is 0 Å². The molecule has 23 atom stereocenters. The van der Waals surface area contributed by atoms with Crippen LogP contribution in [0.2, 0.25) is 0 Å². The summed E-state index contributed by atoms with van der Waals surface area (Å²) in [5.41, 5.74) is 14.3. The van der Waals surface area contributed by atoms with Crippen molar-refractivity contribution in [3.8, 4) is 11.1 Å². The van der Waals surface area contributed by atoms with E-state index in [1.165, 1.54) is 30.3 Å². The summed E-state index contributed by atoms with van der Waals surface area (Å²) in [5, 5.41) is 24.9. The maximum Gasteiger partial charge on any atom is 0.407 e. The SMILES string of the molecule is COC(=O)[C@@]1(OC[C@H]2O[C@H](OC[C@H](NC(=O)OCC3c4ccccc4-c4ccccc43)C(=O)OCc3ccccc3)[C@H](N=[N+]=[N-])[C@@H](O[C@@H]3O[C@H](COC(C)=O)[C@@H]4OC(=O)[C@]5(C[C@H](OC(C)=O)[C@@H](NC(C)=O)[C@H]([C@H](OC(C)=O)[C@@H](COC(C)=O)OC(C)=O)O5)O[C@@H]4[C@H]3OC(=O)c3ccccc3)[C@H]2O)C[C@H](OC(C)=O)[C@@H](NC(C)=O)[C@H]([C@H](OC(C)=O)[C@@H](COC(C)=O)OC(C)=O)O1. The number of esters is 13. The Morgan fingerprint density at radius 1 is 0.531 bits per heavy atom. The van der Waals surface area contributed by atoms with E-state index in [1.54, 1.807) is 42.5 Å². The molecule has 1 aliphatic carbocycles. The smallest absolute Gasteiger partial charge is 0.407 e. The molecular formula is C85H98N6O39. The average molecular weight is 1830 g/mol. The number of azide groups is 1. The third kappa shape index (κ3) is 25.4. The summed E-state index contributed by atoms with van der Waals surface area (Å²) in [6, 6.07) is 22.0. The number of fused-ring (bicyclic) bond motifs is 4. The first-order chi connectivity index (χ1) is 61.8. The van der Waals surface area contributed by atoms with Crippen LogP contribution in [0.5, 0.6) is 0 Å². The number of alkyl carbamates (subject to hydrolysis) is 1. The number of carbonyl (C=O) groups is 16. The highest BCUT2D eigenvalue weighted by atomic mass is 16.8. The van der Waals surface area contributed by atoms with Gasteiger partial charge in [-0.15, -0.1) is 0 Å². The Hall–Kier alpha value is -12.8. The summed E-state index contributed by atoms with van der Waals surface area (Å²) in [6.45, 7) is 4.27. The quantitative estimate of drug-likeness (QED) is 0.0167. The van der Waals surface area contributed by atoms with Crippen molar-refractivity contribution in [1.29, 1.82) is 0 Å². The number of carbonyl (C=O) groups excluding carboxylic acids is 16. The van der Waals surface area contributed by atoms with Crippen LogP contribution in [0.3, 0.4) is 0 Å². The van der Waals surface area contributed by atoms with E-state index in [0.717, 1.165) is 106 Å². The molecule has 0 saturated carbocycles. The number of aliphatic hydroxyl groups is 1. The third-order valence-corrected chi connectivity index (χ3v) is 20.8. The van der Waals surface area contributed by atoms with E-state index in [4.69, 9.17) is 104 Å². The van der Waals surface area contributed by atoms with Crippen molar-refractivity contribution in [2.45, 2.75) is 241 Å². The number of nitrogens with zero attached hydrogens (tertiary/aromatic N) is 3. The molecule has 0 aromatic heterocycles. The molecule has 4 N–H and O–H groups in total. The lowest BCUT2D eigenvalue weighted by atomic mass is 9.86. The van der Waals surface area contributed by atoms with Gasteiger partial charge < -0.3 is 125 Å². The highest BCUT2D eigenvalue weighted by molar-refractivity contribution is 5.90. The predicted molar refractivity (Wildman–Crippen MR) is 427 cm³/mol. The summed E-state index contributed by atoms with van der Waals surface area (Å²) in [7, 11) is 0.818. The van der Waals surface area contributed by atoms with Crippen molar-refractivity contribution in [2.24, 2.45) is 5.11 Å². The van der Waals surface area contributed by atoms with Gasteiger partial charge in [0.15, 0.2) is 55.2 Å². The Labute approximate surface area is 740 Å². The van der Waals surface area contributed by atoms with E-state index in [9.17, 15) is 73.0 Å². The van der Waals surface area contributed by atoms with E-state index < -0.39 is 294 Å². The van der Waals surface area contributed by atoms with Crippen LogP contribution in [-0.2, 0) is 178 Å². The van der Waals surface area contributed by atoms with E-state index in [1.807, 2.05) is 36.4 Å². The van der Waals surface area contributed by atoms with Gasteiger partial charge in [-0.25, -0.2) is 24.0 Å². The Balaban J connectivity index is 1.13. The topological polar surface area (TPSA) is 581 Å². The van der Waals surface area contributed by atoms with Gasteiger partial charge in [-0.3, -0.25) is 52.7 Å². The van der Waals surface area contributed by atoms with Gasteiger partial charge in [-0.2, -0.15) is 0 Å². The molecule has 702 valence electrons. The molecule has 5 fully saturated rings. The van der Waals surface area contributed by atoms with Crippen LogP contribution in [0.4, 0.5) is 4.79 Å².